The Morgan fingerprint density at radius 3 is 3.04 bits per heavy atom. The Balaban J connectivity index is 1.35. The summed E-state index contributed by atoms with van der Waals surface area (Å²) in [5.74, 6) is 1.67. The lowest BCUT2D eigenvalue weighted by Gasteiger charge is -2.28. The first-order valence-electron chi connectivity index (χ1n) is 9.64. The van der Waals surface area contributed by atoms with Gasteiger partial charge in [-0.3, -0.25) is 4.99 Å². The molecule has 1 aromatic carbocycles. The summed E-state index contributed by atoms with van der Waals surface area (Å²) in [5.41, 5.74) is 4.09. The van der Waals surface area contributed by atoms with Gasteiger partial charge in [0, 0.05) is 46.0 Å². The number of guanidine groups is 1. The third-order valence-corrected chi connectivity index (χ3v) is 4.76. The normalized spacial score (nSPS) is 14.1. The largest absolute Gasteiger partial charge is 0.467 e. The van der Waals surface area contributed by atoms with E-state index in [1.54, 1.807) is 13.3 Å². The molecule has 27 heavy (non-hydrogen) atoms. The van der Waals surface area contributed by atoms with Crippen molar-refractivity contribution in [3.8, 4) is 0 Å². The molecule has 0 spiro atoms. The van der Waals surface area contributed by atoms with Crippen molar-refractivity contribution < 1.29 is 9.15 Å². The van der Waals surface area contributed by atoms with E-state index in [2.05, 4.69) is 45.8 Å². The molecule has 1 aromatic heterocycles. The summed E-state index contributed by atoms with van der Waals surface area (Å²) in [6, 6.07) is 10.5. The molecule has 0 bridgehead atoms. The number of ether oxygens (including phenoxy) is 1. The number of nitrogens with one attached hydrogen (secondary N) is 2. The van der Waals surface area contributed by atoms with Crippen LogP contribution in [0.15, 0.2) is 46.0 Å². The maximum absolute atomic E-state index is 5.59. The predicted molar refractivity (Wildman–Crippen MR) is 109 cm³/mol. The second-order valence-electron chi connectivity index (χ2n) is 6.83. The van der Waals surface area contributed by atoms with Crippen molar-refractivity contribution in [3.05, 3.63) is 53.5 Å². The van der Waals surface area contributed by atoms with Gasteiger partial charge in [-0.15, -0.1) is 0 Å². The molecular weight excluding hydrogens is 340 g/mol. The van der Waals surface area contributed by atoms with Gasteiger partial charge < -0.3 is 24.7 Å². The van der Waals surface area contributed by atoms with E-state index in [0.717, 1.165) is 37.8 Å². The maximum atomic E-state index is 5.59. The zero-order valence-electron chi connectivity index (χ0n) is 16.3. The molecule has 0 radical (unpaired) electrons. The van der Waals surface area contributed by atoms with E-state index in [1.165, 1.54) is 29.7 Å². The highest BCUT2D eigenvalue weighted by Gasteiger charge is 2.13. The number of hydrogen-bond acceptors (Lipinski definition) is 4. The third kappa shape index (κ3) is 5.76. The first-order chi connectivity index (χ1) is 13.3. The fourth-order valence-corrected chi connectivity index (χ4v) is 3.30. The SMILES string of the molecule is CN=C(NCCCOCc1ccco1)NCc1ccc2c(c1)CCCN2C. The van der Waals surface area contributed by atoms with Gasteiger partial charge in [-0.2, -0.15) is 0 Å². The quantitative estimate of drug-likeness (QED) is 0.425. The van der Waals surface area contributed by atoms with Crippen molar-refractivity contribution in [2.24, 2.45) is 4.99 Å². The first-order valence-corrected chi connectivity index (χ1v) is 9.64. The van der Waals surface area contributed by atoms with Crippen molar-refractivity contribution in [1.82, 2.24) is 10.6 Å². The van der Waals surface area contributed by atoms with Gasteiger partial charge >= 0.3 is 0 Å². The number of furan rings is 1. The highest BCUT2D eigenvalue weighted by molar-refractivity contribution is 5.79. The number of aliphatic imine (C=N–C) groups is 1. The second kappa shape index (κ2) is 10.0. The lowest BCUT2D eigenvalue weighted by molar-refractivity contribution is 0.105. The zero-order chi connectivity index (χ0) is 18.9. The smallest absolute Gasteiger partial charge is 0.191 e. The topological polar surface area (TPSA) is 62.0 Å². The minimum absolute atomic E-state index is 0.521. The van der Waals surface area contributed by atoms with E-state index in [0.29, 0.717) is 13.2 Å². The van der Waals surface area contributed by atoms with Crippen molar-refractivity contribution in [2.45, 2.75) is 32.4 Å². The average Bonchev–Trinajstić information content (AvgIpc) is 3.20. The van der Waals surface area contributed by atoms with Gasteiger partial charge in [0.1, 0.15) is 12.4 Å². The summed E-state index contributed by atoms with van der Waals surface area (Å²) < 4.78 is 10.8. The molecule has 0 saturated heterocycles. The summed E-state index contributed by atoms with van der Waals surface area (Å²) in [5, 5.41) is 6.72. The highest BCUT2D eigenvalue weighted by atomic mass is 16.5. The fraction of sp³-hybridized carbons (Fsp3) is 0.476. The number of fused-ring (bicyclic) bond motifs is 1. The Kier molecular flexibility index (Phi) is 7.16. The second-order valence-corrected chi connectivity index (χ2v) is 6.83. The standard InChI is InChI=1S/C21H30N4O2/c1-22-21(23-10-5-12-26-16-19-7-4-13-27-19)24-15-17-8-9-20-18(14-17)6-3-11-25(20)2/h4,7-9,13-14H,3,5-6,10-12,15-16H2,1-2H3,(H2,22,23,24). The Morgan fingerprint density at radius 2 is 2.22 bits per heavy atom. The molecule has 0 amide bonds. The van der Waals surface area contributed by atoms with Crippen LogP contribution in [0.2, 0.25) is 0 Å². The van der Waals surface area contributed by atoms with Gasteiger partial charge in [0.15, 0.2) is 5.96 Å². The summed E-state index contributed by atoms with van der Waals surface area (Å²) in [6.45, 7) is 3.93. The summed E-state index contributed by atoms with van der Waals surface area (Å²) >= 11 is 0. The van der Waals surface area contributed by atoms with Gasteiger partial charge in [0.2, 0.25) is 0 Å². The Morgan fingerprint density at radius 1 is 1.30 bits per heavy atom. The summed E-state index contributed by atoms with van der Waals surface area (Å²) in [4.78, 5) is 6.63. The van der Waals surface area contributed by atoms with Gasteiger partial charge in [-0.1, -0.05) is 12.1 Å². The van der Waals surface area contributed by atoms with Crippen LogP contribution in [0.3, 0.4) is 0 Å². The van der Waals surface area contributed by atoms with E-state index in [4.69, 9.17) is 9.15 Å². The Labute approximate surface area is 161 Å². The molecule has 2 heterocycles. The Hall–Kier alpha value is -2.47. The number of nitrogens with zero attached hydrogens (tertiary/aromatic N) is 2. The highest BCUT2D eigenvalue weighted by Crippen LogP contribution is 2.26. The van der Waals surface area contributed by atoms with Crippen LogP contribution >= 0.6 is 0 Å². The van der Waals surface area contributed by atoms with Crippen LogP contribution in [0.25, 0.3) is 0 Å². The number of aryl methyl sites for hydroxylation is 1. The molecular formula is C21H30N4O2. The van der Waals surface area contributed by atoms with E-state index in [1.807, 2.05) is 12.1 Å². The van der Waals surface area contributed by atoms with Crippen LogP contribution < -0.4 is 15.5 Å². The lowest BCUT2D eigenvalue weighted by Crippen LogP contribution is -2.37. The van der Waals surface area contributed by atoms with Crippen LogP contribution in [0, 0.1) is 0 Å². The van der Waals surface area contributed by atoms with Crippen LogP contribution in [-0.2, 0) is 24.3 Å². The van der Waals surface area contributed by atoms with Gasteiger partial charge in [-0.05, 0) is 48.6 Å². The van der Waals surface area contributed by atoms with Crippen molar-refractivity contribution >= 4 is 11.6 Å². The molecule has 6 nitrogen and oxygen atoms in total. The lowest BCUT2D eigenvalue weighted by atomic mass is 9.99. The monoisotopic (exact) mass is 370 g/mol. The third-order valence-electron chi connectivity index (χ3n) is 4.76. The van der Waals surface area contributed by atoms with Crippen molar-refractivity contribution in [2.75, 3.05) is 38.7 Å². The van der Waals surface area contributed by atoms with Gasteiger partial charge in [0.25, 0.3) is 0 Å². The molecule has 1 aliphatic heterocycles. The number of benzene rings is 1. The molecule has 6 heteroatoms. The van der Waals surface area contributed by atoms with E-state index in [9.17, 15) is 0 Å². The van der Waals surface area contributed by atoms with Crippen LogP contribution in [0.5, 0.6) is 0 Å². The van der Waals surface area contributed by atoms with Gasteiger partial charge in [-0.25, -0.2) is 0 Å². The number of anilines is 1. The predicted octanol–water partition coefficient (Wildman–Crippen LogP) is 2.93. The number of rotatable bonds is 8. The molecule has 146 valence electrons. The minimum atomic E-state index is 0.521. The van der Waals surface area contributed by atoms with E-state index >= 15 is 0 Å². The molecule has 3 rings (SSSR count). The summed E-state index contributed by atoms with van der Waals surface area (Å²) in [7, 11) is 3.96. The molecule has 0 unspecified atom stereocenters. The van der Waals surface area contributed by atoms with E-state index in [-0.39, 0.29) is 0 Å². The van der Waals surface area contributed by atoms with Crippen LogP contribution in [0.4, 0.5) is 5.69 Å². The molecule has 0 aliphatic carbocycles. The molecule has 2 aromatic rings. The first kappa shape index (κ1) is 19.3. The zero-order valence-corrected chi connectivity index (χ0v) is 16.3. The molecule has 0 atom stereocenters. The van der Waals surface area contributed by atoms with Crippen molar-refractivity contribution in [1.29, 1.82) is 0 Å². The minimum Gasteiger partial charge on any atom is -0.467 e. The summed E-state index contributed by atoms with van der Waals surface area (Å²) in [6.07, 6.45) is 4.97. The fourth-order valence-electron chi connectivity index (χ4n) is 3.30. The molecule has 0 saturated carbocycles. The van der Waals surface area contributed by atoms with E-state index < -0.39 is 0 Å². The number of hydrogen-bond donors (Lipinski definition) is 2. The average molecular weight is 370 g/mol. The molecule has 1 aliphatic rings. The van der Waals surface area contributed by atoms with Crippen molar-refractivity contribution in [3.63, 3.8) is 0 Å². The van der Waals surface area contributed by atoms with Crippen LogP contribution in [0.1, 0.15) is 29.7 Å². The van der Waals surface area contributed by atoms with Gasteiger partial charge in [0.05, 0.1) is 6.26 Å². The Bertz CT molecular complexity index is 728. The molecule has 2 N–H and O–H groups in total. The molecule has 0 fully saturated rings. The van der Waals surface area contributed by atoms with Crippen LogP contribution in [-0.4, -0.2) is 39.8 Å². The maximum Gasteiger partial charge on any atom is 0.191 e.